The average Bonchev–Trinajstić information content (AvgIpc) is 2.73. The van der Waals surface area contributed by atoms with Crippen molar-refractivity contribution in [1.82, 2.24) is 19.3 Å². The minimum absolute atomic E-state index is 0.00334. The molecule has 0 bridgehead atoms. The monoisotopic (exact) mass is 477 g/mol. The van der Waals surface area contributed by atoms with E-state index in [9.17, 15) is 19.2 Å². The summed E-state index contributed by atoms with van der Waals surface area (Å²) in [6.07, 6.45) is 1.28. The number of ether oxygens (including phenoxy) is 2. The molecule has 0 aliphatic rings. The van der Waals surface area contributed by atoms with Gasteiger partial charge < -0.3 is 14.0 Å². The highest BCUT2D eigenvalue weighted by Gasteiger charge is 2.16. The van der Waals surface area contributed by atoms with Gasteiger partial charge in [0.25, 0.3) is 11.1 Å². The molecule has 1 aromatic carbocycles. The summed E-state index contributed by atoms with van der Waals surface area (Å²) in [4.78, 5) is 49.2. The number of esters is 1. The lowest BCUT2D eigenvalue weighted by atomic mass is 10.3. The minimum atomic E-state index is -0.927. The highest BCUT2D eigenvalue weighted by atomic mass is 35.5. The van der Waals surface area contributed by atoms with Crippen LogP contribution in [0.15, 0.2) is 44.8 Å². The van der Waals surface area contributed by atoms with E-state index in [1.165, 1.54) is 30.5 Å². The first-order valence-electron chi connectivity index (χ1n) is 8.90. The van der Waals surface area contributed by atoms with Gasteiger partial charge in [0, 0.05) is 6.07 Å². The average molecular weight is 478 g/mol. The zero-order chi connectivity index (χ0) is 23.4. The molecule has 0 unspecified atom stereocenters. The van der Waals surface area contributed by atoms with Crippen molar-refractivity contribution < 1.29 is 14.3 Å². The van der Waals surface area contributed by atoms with Crippen molar-refractivity contribution in [2.24, 2.45) is 0 Å². The summed E-state index contributed by atoms with van der Waals surface area (Å²) in [6.45, 7) is 1.50. The van der Waals surface area contributed by atoms with Gasteiger partial charge in [0.15, 0.2) is 5.75 Å². The van der Waals surface area contributed by atoms with Gasteiger partial charge in [0.05, 0.1) is 28.5 Å². The molecule has 0 atom stereocenters. The van der Waals surface area contributed by atoms with Gasteiger partial charge in [-0.05, 0) is 25.1 Å². The van der Waals surface area contributed by atoms with Crippen LogP contribution in [0.1, 0.15) is 12.6 Å². The summed E-state index contributed by atoms with van der Waals surface area (Å²) in [7, 11) is 0. The predicted octanol–water partition coefficient (Wildman–Crippen LogP) is 1.62. The fourth-order valence-electron chi connectivity index (χ4n) is 2.57. The van der Waals surface area contributed by atoms with Crippen LogP contribution in [0.4, 0.5) is 0 Å². The first-order valence-corrected chi connectivity index (χ1v) is 9.66. The first-order chi connectivity index (χ1) is 15.2. The van der Waals surface area contributed by atoms with E-state index in [-0.39, 0.29) is 40.4 Å². The minimum Gasteiger partial charge on any atom is -0.465 e. The molecule has 32 heavy (non-hydrogen) atoms. The summed E-state index contributed by atoms with van der Waals surface area (Å²) in [5.74, 6) is -0.448. The number of halogens is 2. The van der Waals surface area contributed by atoms with Crippen LogP contribution >= 0.6 is 23.2 Å². The maximum atomic E-state index is 12.1. The van der Waals surface area contributed by atoms with Crippen molar-refractivity contribution >= 4 is 29.2 Å². The molecule has 0 saturated heterocycles. The Morgan fingerprint density at radius 3 is 2.53 bits per heavy atom. The molecule has 0 amide bonds. The Morgan fingerprint density at radius 2 is 1.91 bits per heavy atom. The van der Waals surface area contributed by atoms with Crippen LogP contribution in [0.3, 0.4) is 0 Å². The van der Waals surface area contributed by atoms with Crippen LogP contribution in [0.5, 0.6) is 11.5 Å². The summed E-state index contributed by atoms with van der Waals surface area (Å²) in [5.41, 5.74) is -2.74. The van der Waals surface area contributed by atoms with E-state index in [2.05, 4.69) is 5.10 Å². The number of nitriles is 1. The van der Waals surface area contributed by atoms with E-state index in [0.717, 1.165) is 9.25 Å². The second-order valence-electron chi connectivity index (χ2n) is 6.11. The lowest BCUT2D eigenvalue weighted by molar-refractivity contribution is -0.143. The predicted molar refractivity (Wildman–Crippen MR) is 113 cm³/mol. The van der Waals surface area contributed by atoms with Crippen LogP contribution in [-0.2, 0) is 16.1 Å². The highest BCUT2D eigenvalue weighted by molar-refractivity contribution is 6.37. The van der Waals surface area contributed by atoms with Crippen molar-refractivity contribution in [2.45, 2.75) is 13.5 Å². The number of hydrogen-bond acceptors (Lipinski definition) is 8. The molecule has 3 rings (SSSR count). The molecule has 0 spiro atoms. The van der Waals surface area contributed by atoms with Gasteiger partial charge in [-0.1, -0.05) is 23.2 Å². The molecule has 0 saturated carbocycles. The Bertz CT molecular complexity index is 1400. The molecule has 3 aromatic rings. The molecule has 2 heterocycles. The third-order valence-electron chi connectivity index (χ3n) is 3.94. The third-order valence-corrected chi connectivity index (χ3v) is 4.50. The van der Waals surface area contributed by atoms with E-state index in [4.69, 9.17) is 37.9 Å². The smallest absolute Gasteiger partial charge is 0.349 e. The van der Waals surface area contributed by atoms with Crippen LogP contribution in [0.25, 0.3) is 5.69 Å². The molecule has 1 N–H and O–H groups in total. The molecule has 11 nitrogen and oxygen atoms in total. The largest absolute Gasteiger partial charge is 0.465 e. The van der Waals surface area contributed by atoms with E-state index < -0.39 is 28.5 Å². The van der Waals surface area contributed by atoms with Gasteiger partial charge in [0.1, 0.15) is 18.4 Å². The van der Waals surface area contributed by atoms with Crippen LogP contribution < -0.4 is 21.5 Å². The third kappa shape index (κ3) is 4.88. The van der Waals surface area contributed by atoms with Gasteiger partial charge >= 0.3 is 11.7 Å². The number of nitrogens with zero attached hydrogens (tertiary/aromatic N) is 4. The number of rotatable bonds is 6. The second-order valence-corrected chi connectivity index (χ2v) is 6.92. The highest BCUT2D eigenvalue weighted by Crippen LogP contribution is 2.37. The second kappa shape index (κ2) is 9.51. The number of carbonyl (C=O) groups excluding carboxylic acids is 1. The maximum absolute atomic E-state index is 12.1. The van der Waals surface area contributed by atoms with Crippen LogP contribution in [-0.4, -0.2) is 31.9 Å². The molecule has 13 heteroatoms. The van der Waals surface area contributed by atoms with E-state index >= 15 is 0 Å². The normalized spacial score (nSPS) is 10.4. The molecule has 0 aliphatic carbocycles. The van der Waals surface area contributed by atoms with Gasteiger partial charge in [0.2, 0.25) is 5.69 Å². The molecule has 0 radical (unpaired) electrons. The topological polar surface area (TPSA) is 149 Å². The van der Waals surface area contributed by atoms with E-state index in [0.29, 0.717) is 0 Å². The van der Waals surface area contributed by atoms with Gasteiger partial charge in [-0.25, -0.2) is 4.79 Å². The summed E-state index contributed by atoms with van der Waals surface area (Å²) < 4.78 is 12.3. The van der Waals surface area contributed by atoms with Gasteiger partial charge in [-0.2, -0.15) is 9.94 Å². The quantitative estimate of drug-likeness (QED) is 0.526. The number of nitrogens with one attached hydrogen (secondary N) is 1. The molecule has 0 fully saturated rings. The Kier molecular flexibility index (Phi) is 6.77. The van der Waals surface area contributed by atoms with Crippen LogP contribution in [0.2, 0.25) is 10.0 Å². The molecule has 2 aromatic heterocycles. The van der Waals surface area contributed by atoms with Gasteiger partial charge in [-0.15, -0.1) is 5.10 Å². The summed E-state index contributed by atoms with van der Waals surface area (Å²) in [6, 6.07) is 6.69. The Labute approximate surface area is 189 Å². The summed E-state index contributed by atoms with van der Waals surface area (Å²) in [5, 5.41) is 12.6. The van der Waals surface area contributed by atoms with Crippen molar-refractivity contribution in [3.8, 4) is 23.3 Å². The number of H-pyrrole nitrogens is 1. The fourth-order valence-corrected chi connectivity index (χ4v) is 3.12. The number of pyridine rings is 1. The number of benzene rings is 1. The van der Waals surface area contributed by atoms with Crippen molar-refractivity contribution in [3.63, 3.8) is 0 Å². The standard InChI is InChI=1S/C19H13Cl2N5O6/c1-2-31-16(28)9-25-8-11(3-4-15(25)27)32-17-12(20)5-10(6-13(17)21)26-19(30)23-18(29)14(7-22)24-26/h3-6,8H,2,9H2,1H3,(H,23,29,30). The van der Waals surface area contributed by atoms with Gasteiger partial charge in [-0.3, -0.25) is 19.4 Å². The molecular formula is C19H13Cl2N5O6. The number of aromatic amines is 1. The Balaban J connectivity index is 1.96. The SMILES string of the molecule is CCOC(=O)Cn1cc(Oc2c(Cl)cc(-n3nc(C#N)c(=O)[nH]c3=O)cc2Cl)ccc1=O. The lowest BCUT2D eigenvalue weighted by Gasteiger charge is -2.13. The van der Waals surface area contributed by atoms with Crippen LogP contribution in [0, 0.1) is 11.3 Å². The van der Waals surface area contributed by atoms with Crippen molar-refractivity contribution in [1.29, 1.82) is 5.26 Å². The first kappa shape index (κ1) is 22.8. The number of carbonyl (C=O) groups is 1. The Hall–Kier alpha value is -3.88. The Morgan fingerprint density at radius 1 is 1.22 bits per heavy atom. The number of hydrogen-bond donors (Lipinski definition) is 1. The molecule has 0 aliphatic heterocycles. The summed E-state index contributed by atoms with van der Waals surface area (Å²) >= 11 is 12.5. The molecule has 164 valence electrons. The fraction of sp³-hybridized carbons (Fsp3) is 0.158. The zero-order valence-corrected chi connectivity index (χ0v) is 17.8. The van der Waals surface area contributed by atoms with Crippen molar-refractivity contribution in [3.05, 3.63) is 77.4 Å². The van der Waals surface area contributed by atoms with E-state index in [1.807, 2.05) is 4.98 Å². The molecular weight excluding hydrogens is 465 g/mol. The number of aromatic nitrogens is 4. The van der Waals surface area contributed by atoms with Crippen molar-refractivity contribution in [2.75, 3.05) is 6.61 Å². The van der Waals surface area contributed by atoms with E-state index in [1.54, 1.807) is 13.0 Å². The lowest BCUT2D eigenvalue weighted by Crippen LogP contribution is -2.33. The maximum Gasteiger partial charge on any atom is 0.349 e. The zero-order valence-electron chi connectivity index (χ0n) is 16.3.